The molecule has 0 spiro atoms. The maximum atomic E-state index is 12.5. The summed E-state index contributed by atoms with van der Waals surface area (Å²) in [6, 6.07) is 9.88. The number of rotatable bonds is 9. The number of piperidine rings is 1. The SMILES string of the molecule is CCCNC(=O)C1CCCN(c2ccc(SCC(=O)Nc3c(C)cccc3CC)nn2)C1. The molecule has 0 bridgehead atoms. The largest absolute Gasteiger partial charge is 0.356 e. The zero-order chi connectivity index (χ0) is 22.9. The highest BCUT2D eigenvalue weighted by atomic mass is 32.2. The Kier molecular flexibility index (Phi) is 8.90. The number of thioether (sulfide) groups is 1. The molecule has 2 heterocycles. The summed E-state index contributed by atoms with van der Waals surface area (Å²) < 4.78 is 0. The Labute approximate surface area is 194 Å². The molecule has 1 saturated heterocycles. The van der Waals surface area contributed by atoms with Crippen LogP contribution in [0, 0.1) is 12.8 Å². The molecule has 1 aliphatic rings. The lowest BCUT2D eigenvalue weighted by Crippen LogP contribution is -2.43. The number of para-hydroxylation sites is 1. The third-order valence-corrected chi connectivity index (χ3v) is 6.57. The highest BCUT2D eigenvalue weighted by Gasteiger charge is 2.26. The molecule has 1 unspecified atom stereocenters. The van der Waals surface area contributed by atoms with Gasteiger partial charge < -0.3 is 15.5 Å². The first-order valence-corrected chi connectivity index (χ1v) is 12.4. The van der Waals surface area contributed by atoms with Crippen LogP contribution in [0.2, 0.25) is 0 Å². The van der Waals surface area contributed by atoms with Crippen molar-refractivity contribution in [1.82, 2.24) is 15.5 Å². The van der Waals surface area contributed by atoms with Crippen molar-refractivity contribution in [1.29, 1.82) is 0 Å². The second-order valence-corrected chi connectivity index (χ2v) is 9.10. The third-order valence-electron chi connectivity index (χ3n) is 5.65. The molecule has 0 radical (unpaired) electrons. The molecule has 3 rings (SSSR count). The first kappa shape index (κ1) is 24.0. The van der Waals surface area contributed by atoms with E-state index in [-0.39, 0.29) is 23.5 Å². The molecule has 0 aliphatic carbocycles. The van der Waals surface area contributed by atoms with Crippen LogP contribution in [0.25, 0.3) is 0 Å². The van der Waals surface area contributed by atoms with Crippen LogP contribution in [0.5, 0.6) is 0 Å². The van der Waals surface area contributed by atoms with Gasteiger partial charge in [-0.05, 0) is 55.9 Å². The summed E-state index contributed by atoms with van der Waals surface area (Å²) in [4.78, 5) is 26.9. The van der Waals surface area contributed by atoms with Gasteiger partial charge in [-0.2, -0.15) is 0 Å². The molecular weight excluding hydrogens is 422 g/mol. The summed E-state index contributed by atoms with van der Waals surface area (Å²) in [7, 11) is 0. The normalized spacial score (nSPS) is 16.0. The van der Waals surface area contributed by atoms with Gasteiger partial charge in [-0.15, -0.1) is 10.2 Å². The Hall–Kier alpha value is -2.61. The molecule has 7 nitrogen and oxygen atoms in total. The zero-order valence-corrected chi connectivity index (χ0v) is 20.0. The van der Waals surface area contributed by atoms with E-state index in [4.69, 9.17) is 0 Å². The van der Waals surface area contributed by atoms with E-state index in [1.54, 1.807) is 0 Å². The van der Waals surface area contributed by atoms with Gasteiger partial charge in [0.1, 0.15) is 5.03 Å². The smallest absolute Gasteiger partial charge is 0.234 e. The molecule has 0 saturated carbocycles. The molecule has 32 heavy (non-hydrogen) atoms. The Balaban J connectivity index is 1.52. The van der Waals surface area contributed by atoms with Crippen LogP contribution >= 0.6 is 11.8 Å². The number of carbonyl (C=O) groups excluding carboxylic acids is 2. The van der Waals surface area contributed by atoms with Crippen LogP contribution in [0.15, 0.2) is 35.4 Å². The van der Waals surface area contributed by atoms with Gasteiger partial charge in [-0.25, -0.2) is 0 Å². The van der Waals surface area contributed by atoms with E-state index in [2.05, 4.69) is 39.6 Å². The number of hydrogen-bond donors (Lipinski definition) is 2. The van der Waals surface area contributed by atoms with E-state index in [1.165, 1.54) is 11.8 Å². The number of nitrogens with zero attached hydrogens (tertiary/aromatic N) is 3. The van der Waals surface area contributed by atoms with Crippen molar-refractivity contribution >= 4 is 35.1 Å². The van der Waals surface area contributed by atoms with E-state index in [1.807, 2.05) is 37.3 Å². The maximum absolute atomic E-state index is 12.5. The number of hydrogen-bond acceptors (Lipinski definition) is 6. The fraction of sp³-hybridized carbons (Fsp3) is 0.500. The zero-order valence-electron chi connectivity index (χ0n) is 19.2. The van der Waals surface area contributed by atoms with Crippen molar-refractivity contribution in [2.45, 2.75) is 51.5 Å². The van der Waals surface area contributed by atoms with Crippen LogP contribution in [0.3, 0.4) is 0 Å². The highest BCUT2D eigenvalue weighted by Crippen LogP contribution is 2.24. The monoisotopic (exact) mass is 455 g/mol. The van der Waals surface area contributed by atoms with Crippen molar-refractivity contribution in [3.8, 4) is 0 Å². The van der Waals surface area contributed by atoms with Crippen LogP contribution < -0.4 is 15.5 Å². The molecule has 1 atom stereocenters. The molecule has 2 N–H and O–H groups in total. The van der Waals surface area contributed by atoms with Crippen molar-refractivity contribution in [3.63, 3.8) is 0 Å². The molecule has 1 fully saturated rings. The number of nitrogens with one attached hydrogen (secondary N) is 2. The fourth-order valence-electron chi connectivity index (χ4n) is 3.87. The van der Waals surface area contributed by atoms with Crippen molar-refractivity contribution < 1.29 is 9.59 Å². The number of carbonyl (C=O) groups is 2. The molecule has 8 heteroatoms. The molecule has 1 aromatic heterocycles. The molecule has 1 aromatic carbocycles. The average molecular weight is 456 g/mol. The summed E-state index contributed by atoms with van der Waals surface area (Å²) in [5.41, 5.74) is 3.11. The van der Waals surface area contributed by atoms with Gasteiger partial charge in [-0.1, -0.05) is 43.8 Å². The topological polar surface area (TPSA) is 87.2 Å². The summed E-state index contributed by atoms with van der Waals surface area (Å²) in [6.07, 6.45) is 3.68. The maximum Gasteiger partial charge on any atom is 0.234 e. The molecule has 1 aliphatic heterocycles. The van der Waals surface area contributed by atoms with Gasteiger partial charge in [0.2, 0.25) is 11.8 Å². The lowest BCUT2D eigenvalue weighted by Gasteiger charge is -2.32. The second-order valence-electron chi connectivity index (χ2n) is 8.11. The van der Waals surface area contributed by atoms with E-state index in [0.29, 0.717) is 11.6 Å². The minimum absolute atomic E-state index is 0.00991. The number of amides is 2. The van der Waals surface area contributed by atoms with Crippen molar-refractivity contribution in [3.05, 3.63) is 41.5 Å². The average Bonchev–Trinajstić information content (AvgIpc) is 2.83. The number of aryl methyl sites for hydroxylation is 2. The van der Waals surface area contributed by atoms with Gasteiger partial charge in [0.15, 0.2) is 5.82 Å². The third kappa shape index (κ3) is 6.45. The first-order chi connectivity index (χ1) is 15.5. The van der Waals surface area contributed by atoms with Gasteiger partial charge >= 0.3 is 0 Å². The second kappa shape index (κ2) is 11.9. The van der Waals surface area contributed by atoms with Crippen molar-refractivity contribution in [2.75, 3.05) is 35.6 Å². The molecular formula is C24H33N5O2S. The van der Waals surface area contributed by atoms with E-state index < -0.39 is 0 Å². The quantitative estimate of drug-likeness (QED) is 0.559. The standard InChI is InChI=1S/C24H33N5O2S/c1-4-13-25-24(31)19-10-7-14-29(15-19)20-11-12-22(28-27-20)32-16-21(30)26-23-17(3)8-6-9-18(23)5-2/h6,8-9,11-12,19H,4-5,7,10,13-16H2,1-3H3,(H,25,31)(H,26,30). The Morgan fingerprint density at radius 2 is 2.03 bits per heavy atom. The van der Waals surface area contributed by atoms with Crippen LogP contribution in [0.4, 0.5) is 11.5 Å². The van der Waals surface area contributed by atoms with Crippen LogP contribution in [-0.4, -0.2) is 47.4 Å². The number of benzene rings is 1. The summed E-state index contributed by atoms with van der Waals surface area (Å²) in [5, 5.41) is 15.4. The summed E-state index contributed by atoms with van der Waals surface area (Å²) in [5.74, 6) is 1.11. The van der Waals surface area contributed by atoms with E-state index in [0.717, 1.165) is 61.4 Å². The number of anilines is 2. The molecule has 2 amide bonds. The summed E-state index contributed by atoms with van der Waals surface area (Å²) in [6.45, 7) is 8.39. The Morgan fingerprint density at radius 1 is 1.19 bits per heavy atom. The first-order valence-electron chi connectivity index (χ1n) is 11.4. The minimum atomic E-state index is -0.0539. The highest BCUT2D eigenvalue weighted by molar-refractivity contribution is 7.99. The van der Waals surface area contributed by atoms with E-state index in [9.17, 15) is 9.59 Å². The predicted molar refractivity (Wildman–Crippen MR) is 130 cm³/mol. The molecule has 2 aromatic rings. The summed E-state index contributed by atoms with van der Waals surface area (Å²) >= 11 is 1.37. The van der Waals surface area contributed by atoms with Gasteiger partial charge in [0.25, 0.3) is 0 Å². The number of aromatic nitrogens is 2. The Bertz CT molecular complexity index is 919. The predicted octanol–water partition coefficient (Wildman–Crippen LogP) is 3.82. The van der Waals surface area contributed by atoms with E-state index >= 15 is 0 Å². The lowest BCUT2D eigenvalue weighted by atomic mass is 9.97. The van der Waals surface area contributed by atoms with Gasteiger partial charge in [0.05, 0.1) is 11.7 Å². The van der Waals surface area contributed by atoms with Gasteiger partial charge in [0, 0.05) is 25.3 Å². The van der Waals surface area contributed by atoms with Gasteiger partial charge in [-0.3, -0.25) is 9.59 Å². The van der Waals surface area contributed by atoms with Crippen LogP contribution in [-0.2, 0) is 16.0 Å². The molecule has 172 valence electrons. The minimum Gasteiger partial charge on any atom is -0.356 e. The lowest BCUT2D eigenvalue weighted by molar-refractivity contribution is -0.125. The Morgan fingerprint density at radius 3 is 2.75 bits per heavy atom. The van der Waals surface area contributed by atoms with Crippen molar-refractivity contribution in [2.24, 2.45) is 5.92 Å². The van der Waals surface area contributed by atoms with Crippen LogP contribution in [0.1, 0.15) is 44.2 Å². The fourth-order valence-corrected chi connectivity index (χ4v) is 4.48.